The van der Waals surface area contributed by atoms with Crippen LogP contribution in [-0.4, -0.2) is 28.9 Å². The van der Waals surface area contributed by atoms with E-state index in [0.717, 1.165) is 31.6 Å². The van der Waals surface area contributed by atoms with Gasteiger partial charge in [0.25, 0.3) is 5.91 Å². The maximum atomic E-state index is 12.5. The van der Waals surface area contributed by atoms with Crippen molar-refractivity contribution in [3.63, 3.8) is 0 Å². The molecule has 1 aromatic carbocycles. The highest BCUT2D eigenvalue weighted by molar-refractivity contribution is 6.42. The van der Waals surface area contributed by atoms with Crippen LogP contribution < -0.4 is 5.32 Å². The molecule has 6 heteroatoms. The van der Waals surface area contributed by atoms with Crippen molar-refractivity contribution in [2.24, 2.45) is 0 Å². The highest BCUT2D eigenvalue weighted by Crippen LogP contribution is 2.26. The van der Waals surface area contributed by atoms with Crippen molar-refractivity contribution in [1.82, 2.24) is 9.88 Å². The van der Waals surface area contributed by atoms with Crippen molar-refractivity contribution in [3.8, 4) is 0 Å². The SMILES string of the molecule is O=C(c1ccc(Nc2ccc(Cl)c(Cl)c2)nc1)N1CCCCCC1. The number of carbonyl (C=O) groups excluding carboxylic acids is 1. The number of nitrogens with zero attached hydrogens (tertiary/aromatic N) is 2. The molecule has 1 amide bonds. The van der Waals surface area contributed by atoms with Crippen molar-refractivity contribution in [2.75, 3.05) is 18.4 Å². The van der Waals surface area contributed by atoms with Gasteiger partial charge >= 0.3 is 0 Å². The van der Waals surface area contributed by atoms with Gasteiger partial charge in [-0.05, 0) is 43.2 Å². The summed E-state index contributed by atoms with van der Waals surface area (Å²) >= 11 is 11.9. The van der Waals surface area contributed by atoms with Crippen LogP contribution in [0.2, 0.25) is 10.0 Å². The van der Waals surface area contributed by atoms with Gasteiger partial charge in [0.05, 0.1) is 15.6 Å². The van der Waals surface area contributed by atoms with E-state index < -0.39 is 0 Å². The van der Waals surface area contributed by atoms with E-state index in [2.05, 4.69) is 10.3 Å². The molecule has 0 spiro atoms. The second kappa shape index (κ2) is 7.86. The zero-order valence-corrected chi connectivity index (χ0v) is 14.8. The Morgan fingerprint density at radius 3 is 2.38 bits per heavy atom. The Morgan fingerprint density at radius 2 is 1.75 bits per heavy atom. The van der Waals surface area contributed by atoms with Crippen LogP contribution in [0.15, 0.2) is 36.5 Å². The summed E-state index contributed by atoms with van der Waals surface area (Å²) in [4.78, 5) is 18.8. The maximum absolute atomic E-state index is 12.5. The summed E-state index contributed by atoms with van der Waals surface area (Å²) in [5, 5.41) is 4.14. The van der Waals surface area contributed by atoms with Crippen LogP contribution in [0.4, 0.5) is 11.5 Å². The van der Waals surface area contributed by atoms with Gasteiger partial charge in [-0.2, -0.15) is 0 Å². The van der Waals surface area contributed by atoms with Crippen LogP contribution in [0.25, 0.3) is 0 Å². The fraction of sp³-hybridized carbons (Fsp3) is 0.333. The lowest BCUT2D eigenvalue weighted by atomic mass is 10.2. The predicted molar refractivity (Wildman–Crippen MR) is 98.4 cm³/mol. The second-order valence-electron chi connectivity index (χ2n) is 5.89. The monoisotopic (exact) mass is 363 g/mol. The number of hydrogen-bond acceptors (Lipinski definition) is 3. The van der Waals surface area contributed by atoms with Crippen molar-refractivity contribution < 1.29 is 4.79 Å². The topological polar surface area (TPSA) is 45.2 Å². The molecule has 2 heterocycles. The summed E-state index contributed by atoms with van der Waals surface area (Å²) in [5.41, 5.74) is 1.42. The van der Waals surface area contributed by atoms with E-state index in [1.807, 2.05) is 11.0 Å². The van der Waals surface area contributed by atoms with Crippen molar-refractivity contribution in [1.29, 1.82) is 0 Å². The largest absolute Gasteiger partial charge is 0.340 e. The van der Waals surface area contributed by atoms with Gasteiger partial charge in [-0.15, -0.1) is 0 Å². The second-order valence-corrected chi connectivity index (χ2v) is 6.71. The molecule has 0 radical (unpaired) electrons. The van der Waals surface area contributed by atoms with E-state index in [-0.39, 0.29) is 5.91 Å². The van der Waals surface area contributed by atoms with Crippen LogP contribution in [0.5, 0.6) is 0 Å². The molecule has 1 aliphatic rings. The van der Waals surface area contributed by atoms with Crippen LogP contribution in [0.1, 0.15) is 36.0 Å². The number of amides is 1. The summed E-state index contributed by atoms with van der Waals surface area (Å²) in [6.07, 6.45) is 6.18. The van der Waals surface area contributed by atoms with E-state index in [1.54, 1.807) is 30.5 Å². The first-order valence-corrected chi connectivity index (χ1v) is 8.86. The molecule has 0 unspecified atom stereocenters. The summed E-state index contributed by atoms with van der Waals surface area (Å²) in [6, 6.07) is 8.89. The molecular formula is C18H19Cl2N3O. The Morgan fingerprint density at radius 1 is 1.00 bits per heavy atom. The van der Waals surface area contributed by atoms with Crippen LogP contribution in [-0.2, 0) is 0 Å². The number of benzene rings is 1. The molecule has 0 atom stereocenters. The molecule has 0 saturated carbocycles. The molecule has 1 N–H and O–H groups in total. The third kappa shape index (κ3) is 4.19. The van der Waals surface area contributed by atoms with Crippen molar-refractivity contribution in [3.05, 3.63) is 52.1 Å². The number of anilines is 2. The number of pyridine rings is 1. The zero-order valence-electron chi connectivity index (χ0n) is 13.3. The van der Waals surface area contributed by atoms with Crippen molar-refractivity contribution >= 4 is 40.6 Å². The molecule has 2 aromatic rings. The third-order valence-corrected chi connectivity index (χ3v) is 4.83. The number of rotatable bonds is 3. The van der Waals surface area contributed by atoms with Gasteiger partial charge in [0.15, 0.2) is 0 Å². The van der Waals surface area contributed by atoms with E-state index in [1.165, 1.54) is 12.8 Å². The molecule has 0 bridgehead atoms. The molecule has 0 aliphatic carbocycles. The van der Waals surface area contributed by atoms with Gasteiger partial charge < -0.3 is 10.2 Å². The summed E-state index contributed by atoms with van der Waals surface area (Å²) in [5.74, 6) is 0.714. The summed E-state index contributed by atoms with van der Waals surface area (Å²) in [6.45, 7) is 1.67. The molecule has 126 valence electrons. The predicted octanol–water partition coefficient (Wildman–Crippen LogP) is 5.15. The van der Waals surface area contributed by atoms with Crippen molar-refractivity contribution in [2.45, 2.75) is 25.7 Å². The van der Waals surface area contributed by atoms with Crippen LogP contribution in [0, 0.1) is 0 Å². The molecule has 3 rings (SSSR count). The van der Waals surface area contributed by atoms with E-state index in [4.69, 9.17) is 23.2 Å². The lowest BCUT2D eigenvalue weighted by Gasteiger charge is -2.20. The Bertz CT molecular complexity index is 711. The maximum Gasteiger partial charge on any atom is 0.255 e. The lowest BCUT2D eigenvalue weighted by molar-refractivity contribution is 0.0761. The van der Waals surface area contributed by atoms with Crippen LogP contribution >= 0.6 is 23.2 Å². The first-order valence-electron chi connectivity index (χ1n) is 8.11. The highest BCUT2D eigenvalue weighted by atomic mass is 35.5. The van der Waals surface area contributed by atoms with E-state index >= 15 is 0 Å². The van der Waals surface area contributed by atoms with Gasteiger partial charge in [0.2, 0.25) is 0 Å². The normalized spacial score (nSPS) is 15.0. The first-order chi connectivity index (χ1) is 11.6. The average molecular weight is 364 g/mol. The Kier molecular flexibility index (Phi) is 5.59. The molecule has 1 fully saturated rings. The Balaban J connectivity index is 1.68. The zero-order chi connectivity index (χ0) is 16.9. The molecule has 1 saturated heterocycles. The molecular weight excluding hydrogens is 345 g/mol. The van der Waals surface area contributed by atoms with E-state index in [0.29, 0.717) is 21.4 Å². The third-order valence-electron chi connectivity index (χ3n) is 4.10. The quantitative estimate of drug-likeness (QED) is 0.819. The van der Waals surface area contributed by atoms with Gasteiger partial charge in [0.1, 0.15) is 5.82 Å². The number of halogens is 2. The highest BCUT2D eigenvalue weighted by Gasteiger charge is 2.17. The number of nitrogens with one attached hydrogen (secondary N) is 1. The van der Waals surface area contributed by atoms with E-state index in [9.17, 15) is 4.79 Å². The molecule has 24 heavy (non-hydrogen) atoms. The fourth-order valence-corrected chi connectivity index (χ4v) is 3.07. The lowest BCUT2D eigenvalue weighted by Crippen LogP contribution is -2.31. The standard InChI is InChI=1S/C18H19Cl2N3O/c19-15-7-6-14(11-16(15)20)22-17-8-5-13(12-21-17)18(24)23-9-3-1-2-4-10-23/h5-8,11-12H,1-4,9-10H2,(H,21,22). The fourth-order valence-electron chi connectivity index (χ4n) is 2.77. The Labute approximate surface area is 151 Å². The minimum Gasteiger partial charge on any atom is -0.340 e. The number of hydrogen-bond donors (Lipinski definition) is 1. The van der Waals surface area contributed by atoms with Crippen LogP contribution in [0.3, 0.4) is 0 Å². The minimum atomic E-state index is 0.0606. The minimum absolute atomic E-state index is 0.0606. The van der Waals surface area contributed by atoms with Gasteiger partial charge in [-0.25, -0.2) is 4.98 Å². The van der Waals surface area contributed by atoms with Gasteiger partial charge in [0, 0.05) is 25.0 Å². The average Bonchev–Trinajstić information content (AvgIpc) is 2.88. The molecule has 4 nitrogen and oxygen atoms in total. The summed E-state index contributed by atoms with van der Waals surface area (Å²) < 4.78 is 0. The number of carbonyl (C=O) groups is 1. The summed E-state index contributed by atoms with van der Waals surface area (Å²) in [7, 11) is 0. The van der Waals surface area contributed by atoms with Gasteiger partial charge in [-0.3, -0.25) is 4.79 Å². The molecule has 1 aliphatic heterocycles. The number of likely N-dealkylation sites (tertiary alicyclic amines) is 1. The molecule has 1 aromatic heterocycles. The Hall–Kier alpha value is -1.78. The first kappa shape index (κ1) is 17.1. The smallest absolute Gasteiger partial charge is 0.255 e. The number of aromatic nitrogens is 1. The van der Waals surface area contributed by atoms with Gasteiger partial charge in [-0.1, -0.05) is 36.0 Å².